The Bertz CT molecular complexity index is 1050. The molecule has 1 fully saturated rings. The van der Waals surface area contributed by atoms with Gasteiger partial charge in [0.05, 0.1) is 25.9 Å². The highest BCUT2D eigenvalue weighted by atomic mass is 19.1. The number of nitrogens with zero attached hydrogens (tertiary/aromatic N) is 3. The van der Waals surface area contributed by atoms with Crippen molar-refractivity contribution in [3.05, 3.63) is 58.4 Å². The average Bonchev–Trinajstić information content (AvgIpc) is 2.87. The number of oxime groups is 1. The van der Waals surface area contributed by atoms with E-state index in [2.05, 4.69) is 32.5 Å². The van der Waals surface area contributed by atoms with Crippen LogP contribution in [-0.4, -0.2) is 67.1 Å². The Balaban J connectivity index is 0.000000364. The normalized spacial score (nSPS) is 15.5. The van der Waals surface area contributed by atoms with Crippen molar-refractivity contribution in [1.82, 2.24) is 20.6 Å². The number of carbonyl (C=O) groups excluding carboxylic acids is 2. The van der Waals surface area contributed by atoms with Crippen LogP contribution in [0.1, 0.15) is 53.4 Å². The van der Waals surface area contributed by atoms with E-state index in [0.717, 1.165) is 11.3 Å². The molecule has 0 spiro atoms. The molecule has 37 heavy (non-hydrogen) atoms. The molecule has 11 heteroatoms. The van der Waals surface area contributed by atoms with Gasteiger partial charge in [-0.1, -0.05) is 12.1 Å². The summed E-state index contributed by atoms with van der Waals surface area (Å²) in [5.74, 6) is -0.0587. The maximum absolute atomic E-state index is 13.3. The van der Waals surface area contributed by atoms with Crippen molar-refractivity contribution in [3.63, 3.8) is 0 Å². The third kappa shape index (κ3) is 11.4. The van der Waals surface area contributed by atoms with Crippen LogP contribution in [0, 0.1) is 19.7 Å². The molecule has 1 aliphatic rings. The highest BCUT2D eigenvalue weighted by Crippen LogP contribution is 2.11. The molecule has 2 unspecified atom stereocenters. The summed E-state index contributed by atoms with van der Waals surface area (Å²) in [7, 11) is 0. The van der Waals surface area contributed by atoms with Gasteiger partial charge in [0.2, 0.25) is 5.91 Å². The molecule has 1 saturated heterocycles. The topological polar surface area (TPSA) is 124 Å². The summed E-state index contributed by atoms with van der Waals surface area (Å²) < 4.78 is 23.7. The summed E-state index contributed by atoms with van der Waals surface area (Å²) in [6.07, 6.45) is 1.29. The van der Waals surface area contributed by atoms with Crippen LogP contribution in [0.3, 0.4) is 0 Å². The van der Waals surface area contributed by atoms with Crippen molar-refractivity contribution in [3.8, 4) is 0 Å². The van der Waals surface area contributed by atoms with Crippen molar-refractivity contribution in [2.75, 3.05) is 26.4 Å². The number of hydrogen-bond donors (Lipinski definition) is 2. The van der Waals surface area contributed by atoms with Crippen LogP contribution in [0.25, 0.3) is 0 Å². The second-order valence-electron chi connectivity index (χ2n) is 8.65. The Morgan fingerprint density at radius 2 is 2.03 bits per heavy atom. The van der Waals surface area contributed by atoms with Crippen LogP contribution in [0.5, 0.6) is 0 Å². The summed E-state index contributed by atoms with van der Waals surface area (Å²) >= 11 is 0. The van der Waals surface area contributed by atoms with E-state index in [1.807, 2.05) is 6.92 Å². The predicted molar refractivity (Wildman–Crippen MR) is 137 cm³/mol. The maximum Gasteiger partial charge on any atom is 0.270 e. The highest BCUT2D eigenvalue weighted by molar-refractivity contribution is 5.92. The lowest BCUT2D eigenvalue weighted by Gasteiger charge is -2.22. The van der Waals surface area contributed by atoms with E-state index in [-0.39, 0.29) is 29.8 Å². The first-order chi connectivity index (χ1) is 17.7. The number of hydrogen-bond acceptors (Lipinski definition) is 8. The van der Waals surface area contributed by atoms with Gasteiger partial charge in [-0.05, 0) is 56.9 Å². The van der Waals surface area contributed by atoms with Gasteiger partial charge >= 0.3 is 0 Å². The van der Waals surface area contributed by atoms with E-state index in [0.29, 0.717) is 62.8 Å². The first kappa shape index (κ1) is 29.8. The lowest BCUT2D eigenvalue weighted by molar-refractivity contribution is -0.121. The fourth-order valence-electron chi connectivity index (χ4n) is 3.41. The van der Waals surface area contributed by atoms with Gasteiger partial charge in [-0.3, -0.25) is 9.59 Å². The minimum Gasteiger partial charge on any atom is -0.393 e. The van der Waals surface area contributed by atoms with E-state index in [1.165, 1.54) is 13.0 Å². The molecule has 1 aromatic heterocycles. The third-order valence-electron chi connectivity index (χ3n) is 5.32. The zero-order valence-electron chi connectivity index (χ0n) is 21.9. The standard InChI is InChI=1S/C19H23FN4O2.C7H13NO3/c1-12-9-15(6-8-17(12)20)11-22-19(25)18-10-16(23-14(3)24-18)7-5-13(2)26-21-4;1-6(9)8-4-7-5-10-2-3-11-7/h6,8-10,13H,4-5,7,11H2,1-3H3,(H,22,25);7H,2-5H2,1H3,(H,8,9). The van der Waals surface area contributed by atoms with E-state index < -0.39 is 0 Å². The number of halogens is 1. The fraction of sp³-hybridized carbons (Fsp3) is 0.500. The van der Waals surface area contributed by atoms with E-state index in [4.69, 9.17) is 14.3 Å². The molecule has 202 valence electrons. The summed E-state index contributed by atoms with van der Waals surface area (Å²) in [6.45, 7) is 12.8. The molecule has 0 aliphatic carbocycles. The predicted octanol–water partition coefficient (Wildman–Crippen LogP) is 2.65. The molecular weight excluding hydrogens is 481 g/mol. The molecule has 2 atom stereocenters. The van der Waals surface area contributed by atoms with Crippen LogP contribution in [0.2, 0.25) is 0 Å². The quantitative estimate of drug-likeness (QED) is 0.367. The molecule has 0 bridgehead atoms. The molecule has 10 nitrogen and oxygen atoms in total. The Kier molecular flexibility index (Phi) is 12.6. The number of nitrogens with one attached hydrogen (secondary N) is 2. The largest absolute Gasteiger partial charge is 0.393 e. The van der Waals surface area contributed by atoms with Gasteiger partial charge in [0.1, 0.15) is 23.4 Å². The Morgan fingerprint density at radius 3 is 2.68 bits per heavy atom. The van der Waals surface area contributed by atoms with Crippen LogP contribution in [-0.2, 0) is 32.1 Å². The second-order valence-corrected chi connectivity index (χ2v) is 8.65. The van der Waals surface area contributed by atoms with Gasteiger partial charge in [-0.2, -0.15) is 0 Å². The van der Waals surface area contributed by atoms with Crippen LogP contribution >= 0.6 is 0 Å². The molecule has 0 radical (unpaired) electrons. The van der Waals surface area contributed by atoms with Gasteiger partial charge in [-0.25, -0.2) is 14.4 Å². The fourth-order valence-corrected chi connectivity index (χ4v) is 3.41. The smallest absolute Gasteiger partial charge is 0.270 e. The monoisotopic (exact) mass is 517 g/mol. The van der Waals surface area contributed by atoms with Crippen LogP contribution < -0.4 is 10.6 Å². The number of benzene rings is 1. The van der Waals surface area contributed by atoms with Crippen molar-refractivity contribution in [2.45, 2.75) is 59.3 Å². The first-order valence-electron chi connectivity index (χ1n) is 12.1. The van der Waals surface area contributed by atoms with Crippen molar-refractivity contribution < 1.29 is 28.3 Å². The first-order valence-corrected chi connectivity index (χ1v) is 12.1. The van der Waals surface area contributed by atoms with E-state index >= 15 is 0 Å². The number of ether oxygens (including phenoxy) is 2. The number of aryl methyl sites for hydroxylation is 3. The van der Waals surface area contributed by atoms with Gasteiger partial charge in [0.15, 0.2) is 0 Å². The lowest BCUT2D eigenvalue weighted by atomic mass is 10.1. The summed E-state index contributed by atoms with van der Waals surface area (Å²) in [4.78, 5) is 36.5. The molecule has 1 aromatic carbocycles. The molecule has 2 heterocycles. The average molecular weight is 518 g/mol. The zero-order valence-corrected chi connectivity index (χ0v) is 21.9. The van der Waals surface area contributed by atoms with Crippen molar-refractivity contribution in [2.24, 2.45) is 5.16 Å². The molecular formula is C26H36FN5O5. The Hall–Kier alpha value is -3.44. The van der Waals surface area contributed by atoms with Crippen LogP contribution in [0.15, 0.2) is 29.4 Å². The summed E-state index contributed by atoms with van der Waals surface area (Å²) in [5.41, 5.74) is 2.44. The molecule has 2 aromatic rings. The molecule has 1 aliphatic heterocycles. The number of rotatable bonds is 10. The maximum atomic E-state index is 13.3. The number of amides is 2. The highest BCUT2D eigenvalue weighted by Gasteiger charge is 2.14. The number of carbonyl (C=O) groups is 2. The minimum atomic E-state index is -0.296. The summed E-state index contributed by atoms with van der Waals surface area (Å²) in [6, 6.07) is 6.42. The molecule has 2 amide bonds. The zero-order chi connectivity index (χ0) is 27.2. The third-order valence-corrected chi connectivity index (χ3v) is 5.32. The number of aromatic nitrogens is 2. The SMILES string of the molecule is C=NOC(C)CCc1cc(C(=O)NCc2ccc(F)c(C)c2)nc(C)n1.CC(=O)NCC1COCCO1. The van der Waals surface area contributed by atoms with Gasteiger partial charge in [0.25, 0.3) is 5.91 Å². The summed E-state index contributed by atoms with van der Waals surface area (Å²) in [5, 5.41) is 8.88. The van der Waals surface area contributed by atoms with Gasteiger partial charge in [-0.15, -0.1) is 5.16 Å². The van der Waals surface area contributed by atoms with Gasteiger partial charge < -0.3 is 24.9 Å². The Labute approximate surface area is 217 Å². The van der Waals surface area contributed by atoms with Crippen LogP contribution in [0.4, 0.5) is 4.39 Å². The molecule has 2 N–H and O–H groups in total. The van der Waals surface area contributed by atoms with E-state index in [1.54, 1.807) is 32.0 Å². The van der Waals surface area contributed by atoms with Crippen molar-refractivity contribution in [1.29, 1.82) is 0 Å². The van der Waals surface area contributed by atoms with E-state index in [9.17, 15) is 14.0 Å². The second kappa shape index (κ2) is 15.6. The minimum absolute atomic E-state index is 0.0285. The molecule has 0 saturated carbocycles. The van der Waals surface area contributed by atoms with Crippen molar-refractivity contribution >= 4 is 18.5 Å². The lowest BCUT2D eigenvalue weighted by Crippen LogP contribution is -2.38. The van der Waals surface area contributed by atoms with Gasteiger partial charge in [0, 0.05) is 32.4 Å². The molecule has 3 rings (SSSR count). The Morgan fingerprint density at radius 1 is 1.24 bits per heavy atom.